The Morgan fingerprint density at radius 3 is 2.47 bits per heavy atom. The van der Waals surface area contributed by atoms with Crippen LogP contribution in [0.1, 0.15) is 78.2 Å². The average molecular weight is 664 g/mol. The molecule has 4 aliphatic heterocycles. The van der Waals surface area contributed by atoms with Crippen LogP contribution in [0, 0.1) is 0 Å². The first kappa shape index (κ1) is 31.2. The third-order valence-electron chi connectivity index (χ3n) is 10.6. The second-order valence-corrected chi connectivity index (χ2v) is 13.6. The van der Waals surface area contributed by atoms with Gasteiger partial charge in [0.05, 0.1) is 12.1 Å². The molecule has 0 aliphatic carbocycles. The Balaban J connectivity index is 0.909. The molecular weight excluding hydrogens is 622 g/mol. The van der Waals surface area contributed by atoms with Gasteiger partial charge in [-0.3, -0.25) is 24.6 Å². The molecule has 3 amide bonds. The number of nitrogens with one attached hydrogen (secondary N) is 2. The van der Waals surface area contributed by atoms with Crippen LogP contribution in [0.25, 0.3) is 11.0 Å². The van der Waals surface area contributed by atoms with E-state index in [2.05, 4.69) is 53.7 Å². The van der Waals surface area contributed by atoms with Crippen molar-refractivity contribution in [3.05, 3.63) is 65.1 Å². The van der Waals surface area contributed by atoms with Gasteiger partial charge in [0.1, 0.15) is 11.5 Å². The molecule has 49 heavy (non-hydrogen) atoms. The summed E-state index contributed by atoms with van der Waals surface area (Å²) >= 11 is 0. The molecule has 8 rings (SSSR count). The number of amides is 3. The minimum Gasteiger partial charge on any atom is -0.371 e. The van der Waals surface area contributed by atoms with E-state index in [0.717, 1.165) is 105 Å². The molecule has 4 N–H and O–H groups in total. The molecule has 254 valence electrons. The highest BCUT2D eigenvalue weighted by atomic mass is 16.5. The number of piperidine rings is 3. The highest BCUT2D eigenvalue weighted by Crippen LogP contribution is 2.36. The summed E-state index contributed by atoms with van der Waals surface area (Å²) in [4.78, 5) is 52.6. The van der Waals surface area contributed by atoms with Crippen molar-refractivity contribution in [2.24, 2.45) is 5.73 Å². The molecule has 0 radical (unpaired) electrons. The predicted octanol–water partition coefficient (Wildman–Crippen LogP) is 4.00. The highest BCUT2D eigenvalue weighted by Gasteiger charge is 2.34. The summed E-state index contributed by atoms with van der Waals surface area (Å²) in [5, 5.41) is 10.9. The third-order valence-corrected chi connectivity index (χ3v) is 10.6. The number of anilines is 4. The van der Waals surface area contributed by atoms with Crippen LogP contribution in [-0.2, 0) is 22.6 Å². The van der Waals surface area contributed by atoms with E-state index in [1.54, 1.807) is 6.20 Å². The first-order valence-electron chi connectivity index (χ1n) is 17.4. The minimum absolute atomic E-state index is 0.131. The van der Waals surface area contributed by atoms with Crippen molar-refractivity contribution in [2.75, 3.05) is 47.8 Å². The van der Waals surface area contributed by atoms with Gasteiger partial charge in [-0.2, -0.15) is 0 Å². The summed E-state index contributed by atoms with van der Waals surface area (Å²) in [6, 6.07) is 12.9. The van der Waals surface area contributed by atoms with Gasteiger partial charge < -0.3 is 25.4 Å². The Morgan fingerprint density at radius 1 is 0.918 bits per heavy atom. The summed E-state index contributed by atoms with van der Waals surface area (Å²) in [5.41, 5.74) is 11.6. The maximum absolute atomic E-state index is 12.6. The van der Waals surface area contributed by atoms with Crippen molar-refractivity contribution in [1.82, 2.24) is 25.3 Å². The summed E-state index contributed by atoms with van der Waals surface area (Å²) in [6.07, 6.45) is 8.89. The van der Waals surface area contributed by atoms with Crippen LogP contribution in [0.2, 0.25) is 0 Å². The quantitative estimate of drug-likeness (QED) is 0.245. The first-order chi connectivity index (χ1) is 23.9. The van der Waals surface area contributed by atoms with Crippen molar-refractivity contribution in [2.45, 2.75) is 69.9 Å². The molecule has 4 aliphatic rings. The lowest BCUT2D eigenvalue weighted by molar-refractivity contribution is -0.134. The number of imide groups is 1. The summed E-state index contributed by atoms with van der Waals surface area (Å²) in [7, 11) is 0. The number of aromatic nitrogens is 3. The lowest BCUT2D eigenvalue weighted by Crippen LogP contribution is -2.46. The van der Waals surface area contributed by atoms with Crippen LogP contribution in [0.4, 0.5) is 23.0 Å². The van der Waals surface area contributed by atoms with E-state index in [9.17, 15) is 14.4 Å². The number of nitrogens with zero attached hydrogens (tertiary/aromatic N) is 6. The van der Waals surface area contributed by atoms with Gasteiger partial charge in [-0.1, -0.05) is 11.2 Å². The summed E-state index contributed by atoms with van der Waals surface area (Å²) in [6.45, 7) is 5.53. The van der Waals surface area contributed by atoms with Crippen LogP contribution in [0.3, 0.4) is 0 Å². The van der Waals surface area contributed by atoms with Gasteiger partial charge in [0, 0.05) is 74.1 Å². The molecule has 3 fully saturated rings. The Bertz CT molecular complexity index is 1890. The molecule has 0 bridgehead atoms. The van der Waals surface area contributed by atoms with E-state index in [0.29, 0.717) is 30.4 Å². The summed E-state index contributed by atoms with van der Waals surface area (Å²) < 4.78 is 5.90. The molecule has 0 saturated carbocycles. The number of benzene rings is 2. The van der Waals surface area contributed by atoms with Gasteiger partial charge in [0.2, 0.25) is 11.8 Å². The molecule has 2 aromatic carbocycles. The van der Waals surface area contributed by atoms with E-state index >= 15 is 0 Å². The van der Waals surface area contributed by atoms with Crippen molar-refractivity contribution >= 4 is 51.7 Å². The number of hydrogen-bond acceptors (Lipinski definition) is 11. The second-order valence-electron chi connectivity index (χ2n) is 13.6. The van der Waals surface area contributed by atoms with Gasteiger partial charge in [-0.15, -0.1) is 0 Å². The third kappa shape index (κ3) is 6.18. The number of primary amides is 1. The lowest BCUT2D eigenvalue weighted by atomic mass is 9.90. The standard InChI is InChI=1S/C36H41N9O4/c37-34(47)32-35(40-29(20-38-32)44-15-2-1-3-16-44)39-23-5-7-24(8-6-23)43-18-13-25(14-19-43)45-17-12-22-4-9-26-31(42-49-33(26)28(22)21-45)27-10-11-30(46)41-36(27)48/h4-9,20,25,27H,1-3,10-19,21H2,(H2,37,47)(H,39,40)(H,41,46,48). The molecule has 1 atom stereocenters. The number of carbonyl (C=O) groups excluding carboxylic acids is 3. The van der Waals surface area contributed by atoms with Crippen molar-refractivity contribution in [3.8, 4) is 0 Å². The molecule has 1 unspecified atom stereocenters. The topological polar surface area (TPSA) is 163 Å². The van der Waals surface area contributed by atoms with Gasteiger partial charge in [-0.25, -0.2) is 9.97 Å². The minimum atomic E-state index is -0.612. The Morgan fingerprint density at radius 2 is 1.71 bits per heavy atom. The molecule has 2 aromatic heterocycles. The molecule has 13 nitrogen and oxygen atoms in total. The zero-order chi connectivity index (χ0) is 33.5. The zero-order valence-electron chi connectivity index (χ0n) is 27.5. The van der Waals surface area contributed by atoms with Crippen LogP contribution in [-0.4, -0.2) is 76.5 Å². The fourth-order valence-corrected chi connectivity index (χ4v) is 7.89. The Kier molecular flexibility index (Phi) is 8.36. The van der Waals surface area contributed by atoms with Crippen molar-refractivity contribution in [3.63, 3.8) is 0 Å². The van der Waals surface area contributed by atoms with Crippen LogP contribution < -0.4 is 26.2 Å². The Labute approximate surface area is 284 Å². The molecule has 13 heteroatoms. The largest absolute Gasteiger partial charge is 0.371 e. The molecule has 4 aromatic rings. The molecular formula is C36H41N9O4. The van der Waals surface area contributed by atoms with Gasteiger partial charge in [0.25, 0.3) is 5.91 Å². The van der Waals surface area contributed by atoms with E-state index < -0.39 is 11.8 Å². The van der Waals surface area contributed by atoms with Crippen molar-refractivity contribution in [1.29, 1.82) is 0 Å². The summed E-state index contributed by atoms with van der Waals surface area (Å²) in [5.74, 6) is -0.481. The number of fused-ring (bicyclic) bond motifs is 3. The first-order valence-corrected chi connectivity index (χ1v) is 17.4. The lowest BCUT2D eigenvalue weighted by Gasteiger charge is -2.41. The van der Waals surface area contributed by atoms with Crippen LogP contribution in [0.15, 0.2) is 47.1 Å². The molecule has 0 spiro atoms. The number of hydrogen-bond donors (Lipinski definition) is 3. The van der Waals surface area contributed by atoms with Crippen LogP contribution >= 0.6 is 0 Å². The van der Waals surface area contributed by atoms with E-state index in [4.69, 9.17) is 15.2 Å². The van der Waals surface area contributed by atoms with E-state index in [1.165, 1.54) is 12.0 Å². The number of nitrogens with two attached hydrogens (primary N) is 1. The number of rotatable bonds is 7. The average Bonchev–Trinajstić information content (AvgIpc) is 3.56. The fraction of sp³-hybridized carbons (Fsp3) is 0.444. The van der Waals surface area contributed by atoms with E-state index in [-0.39, 0.29) is 17.5 Å². The monoisotopic (exact) mass is 663 g/mol. The maximum atomic E-state index is 12.6. The normalized spacial score (nSPS) is 20.7. The fourth-order valence-electron chi connectivity index (χ4n) is 7.89. The molecule has 3 saturated heterocycles. The SMILES string of the molecule is NC(=O)c1ncc(N2CCCCC2)nc1Nc1ccc(N2CCC(N3CCc4ccc5c(C6CCC(=O)NC6=O)noc5c4C3)CC2)cc1. The van der Waals surface area contributed by atoms with Gasteiger partial charge >= 0.3 is 0 Å². The smallest absolute Gasteiger partial charge is 0.271 e. The maximum Gasteiger partial charge on any atom is 0.271 e. The zero-order valence-corrected chi connectivity index (χ0v) is 27.5. The van der Waals surface area contributed by atoms with Gasteiger partial charge in [-0.05, 0) is 80.8 Å². The van der Waals surface area contributed by atoms with Crippen LogP contribution in [0.5, 0.6) is 0 Å². The number of carbonyl (C=O) groups is 3. The highest BCUT2D eigenvalue weighted by molar-refractivity contribution is 6.02. The second kappa shape index (κ2) is 13.1. The predicted molar refractivity (Wildman–Crippen MR) is 185 cm³/mol. The van der Waals surface area contributed by atoms with E-state index in [1.807, 2.05) is 18.2 Å². The van der Waals surface area contributed by atoms with Crippen molar-refractivity contribution < 1.29 is 18.9 Å². The molecule has 6 heterocycles. The van der Waals surface area contributed by atoms with Gasteiger partial charge in [0.15, 0.2) is 17.1 Å². The Hall–Kier alpha value is -5.04.